The maximum Gasteiger partial charge on any atom is 0.0142 e. The van der Waals surface area contributed by atoms with Crippen molar-refractivity contribution in [2.24, 2.45) is 5.73 Å². The summed E-state index contributed by atoms with van der Waals surface area (Å²) in [5.74, 6) is 1.28. The molecule has 86 valence electrons. The van der Waals surface area contributed by atoms with Crippen molar-refractivity contribution in [3.05, 3.63) is 29.3 Å². The molecule has 0 amide bonds. The molecule has 1 fully saturated rings. The van der Waals surface area contributed by atoms with Gasteiger partial charge in [-0.25, -0.2) is 0 Å². The average molecular weight is 233 g/mol. The summed E-state index contributed by atoms with van der Waals surface area (Å²) in [5.41, 5.74) is 9.61. The molecule has 1 nitrogen and oxygen atoms in total. The van der Waals surface area contributed by atoms with Crippen LogP contribution in [0.1, 0.15) is 37.3 Å². The van der Waals surface area contributed by atoms with E-state index < -0.39 is 0 Å². The Labute approximate surface area is 102 Å². The molecule has 0 saturated heterocycles. The van der Waals surface area contributed by atoms with E-state index in [9.17, 15) is 0 Å². The van der Waals surface area contributed by atoms with Gasteiger partial charge in [0.1, 0.15) is 0 Å². The van der Waals surface area contributed by atoms with E-state index in [1.165, 1.54) is 31.4 Å². The number of fused-ring (bicyclic) bond motifs is 1. The zero-order valence-corrected chi connectivity index (χ0v) is 10.6. The van der Waals surface area contributed by atoms with E-state index in [-0.39, 0.29) is 0 Å². The Bertz CT molecular complexity index is 407. The fraction of sp³-hybridized carbons (Fsp3) is 0.571. The molecular weight excluding hydrogens is 214 g/mol. The summed E-state index contributed by atoms with van der Waals surface area (Å²) in [6, 6.07) is 7.12. The summed E-state index contributed by atoms with van der Waals surface area (Å²) >= 11 is 2.04. The number of hydrogen-bond acceptors (Lipinski definition) is 2. The van der Waals surface area contributed by atoms with Gasteiger partial charge in [-0.2, -0.15) is 0 Å². The van der Waals surface area contributed by atoms with Crippen LogP contribution in [0, 0.1) is 0 Å². The number of benzene rings is 1. The van der Waals surface area contributed by atoms with E-state index >= 15 is 0 Å². The molecule has 1 aliphatic heterocycles. The van der Waals surface area contributed by atoms with Crippen LogP contribution in [-0.4, -0.2) is 11.8 Å². The number of hydrogen-bond donors (Lipinski definition) is 1. The van der Waals surface area contributed by atoms with E-state index in [0.717, 1.165) is 0 Å². The lowest BCUT2D eigenvalue weighted by molar-refractivity contribution is 0.546. The molecule has 2 aliphatic rings. The number of nitrogens with two attached hydrogens (primary N) is 1. The molecule has 0 spiro atoms. The summed E-state index contributed by atoms with van der Waals surface area (Å²) < 4.78 is 0. The van der Waals surface area contributed by atoms with Gasteiger partial charge in [-0.15, -0.1) is 11.8 Å². The van der Waals surface area contributed by atoms with Crippen LogP contribution in [0.25, 0.3) is 0 Å². The Balaban J connectivity index is 2.08. The van der Waals surface area contributed by atoms with Crippen molar-refractivity contribution in [1.82, 2.24) is 0 Å². The summed E-state index contributed by atoms with van der Waals surface area (Å²) in [5, 5.41) is 0. The predicted octanol–water partition coefficient (Wildman–Crippen LogP) is 3.10. The Morgan fingerprint density at radius 2 is 2.19 bits per heavy atom. The molecule has 1 aromatic carbocycles. The summed E-state index contributed by atoms with van der Waals surface area (Å²) in [6.07, 6.45) is 5.14. The van der Waals surface area contributed by atoms with Crippen LogP contribution in [0.5, 0.6) is 0 Å². The highest BCUT2D eigenvalue weighted by Gasteiger charge is 2.48. The summed E-state index contributed by atoms with van der Waals surface area (Å²) in [6.45, 7) is 2.17. The Kier molecular flexibility index (Phi) is 2.52. The number of aryl methyl sites for hydroxylation is 1. The second-order valence-electron chi connectivity index (χ2n) is 5.19. The molecule has 1 heterocycles. The normalized spacial score (nSPS) is 23.6. The molecule has 3 rings (SSSR count). The molecule has 1 unspecified atom stereocenters. The minimum Gasteiger partial charge on any atom is -0.327 e. The standard InChI is InChI=1S/C14H19NS/c1-10(15)14(7-8-14)12-6-2-4-11-5-3-9-16-13(11)12/h2,4,6,10H,3,5,7-9,15H2,1H3. The highest BCUT2D eigenvalue weighted by molar-refractivity contribution is 7.99. The second kappa shape index (κ2) is 3.78. The van der Waals surface area contributed by atoms with Crippen LogP contribution >= 0.6 is 11.8 Å². The van der Waals surface area contributed by atoms with E-state index in [4.69, 9.17) is 5.73 Å². The third-order valence-corrected chi connectivity index (χ3v) is 5.39. The maximum absolute atomic E-state index is 6.19. The van der Waals surface area contributed by atoms with Crippen LogP contribution in [0.15, 0.2) is 23.1 Å². The molecule has 2 N–H and O–H groups in total. The van der Waals surface area contributed by atoms with Crippen LogP contribution < -0.4 is 5.73 Å². The zero-order chi connectivity index (χ0) is 11.2. The largest absolute Gasteiger partial charge is 0.327 e. The van der Waals surface area contributed by atoms with Gasteiger partial charge in [-0.1, -0.05) is 18.2 Å². The third-order valence-electron chi connectivity index (χ3n) is 4.13. The third kappa shape index (κ3) is 1.51. The quantitative estimate of drug-likeness (QED) is 0.849. The van der Waals surface area contributed by atoms with Gasteiger partial charge in [0, 0.05) is 16.4 Å². The minimum absolute atomic E-state index is 0.293. The van der Waals surface area contributed by atoms with Crippen molar-refractivity contribution >= 4 is 11.8 Å². The first-order valence-electron chi connectivity index (χ1n) is 6.25. The first-order chi connectivity index (χ1) is 7.74. The summed E-state index contributed by atoms with van der Waals surface area (Å²) in [4.78, 5) is 1.56. The Morgan fingerprint density at radius 1 is 1.38 bits per heavy atom. The molecule has 2 heteroatoms. The van der Waals surface area contributed by atoms with Crippen LogP contribution in [0.3, 0.4) is 0 Å². The van der Waals surface area contributed by atoms with Crippen LogP contribution in [0.2, 0.25) is 0 Å². The maximum atomic E-state index is 6.19. The van der Waals surface area contributed by atoms with Gasteiger partial charge in [0.15, 0.2) is 0 Å². The Hall–Kier alpha value is -0.470. The number of thioether (sulfide) groups is 1. The molecule has 1 atom stereocenters. The van der Waals surface area contributed by atoms with Crippen molar-refractivity contribution in [3.8, 4) is 0 Å². The van der Waals surface area contributed by atoms with E-state index in [0.29, 0.717) is 11.5 Å². The summed E-state index contributed by atoms with van der Waals surface area (Å²) in [7, 11) is 0. The van der Waals surface area contributed by atoms with Crippen molar-refractivity contribution in [2.75, 3.05) is 5.75 Å². The predicted molar refractivity (Wildman–Crippen MR) is 70.0 cm³/mol. The second-order valence-corrected chi connectivity index (χ2v) is 6.30. The Morgan fingerprint density at radius 3 is 2.88 bits per heavy atom. The first-order valence-corrected chi connectivity index (χ1v) is 7.23. The molecule has 0 aromatic heterocycles. The minimum atomic E-state index is 0.293. The first kappa shape index (κ1) is 10.7. The molecule has 0 radical (unpaired) electrons. The monoisotopic (exact) mass is 233 g/mol. The smallest absolute Gasteiger partial charge is 0.0142 e. The lowest BCUT2D eigenvalue weighted by Gasteiger charge is -2.26. The molecular formula is C14H19NS. The van der Waals surface area contributed by atoms with Gasteiger partial charge in [-0.05, 0) is 49.5 Å². The fourth-order valence-corrected chi connectivity index (χ4v) is 4.16. The molecule has 1 saturated carbocycles. The highest BCUT2D eigenvalue weighted by Crippen LogP contribution is 2.54. The molecule has 0 bridgehead atoms. The van der Waals surface area contributed by atoms with Crippen LogP contribution in [0.4, 0.5) is 0 Å². The van der Waals surface area contributed by atoms with E-state index in [1.54, 1.807) is 16.0 Å². The van der Waals surface area contributed by atoms with Crippen molar-refractivity contribution in [3.63, 3.8) is 0 Å². The van der Waals surface area contributed by atoms with Gasteiger partial charge in [0.25, 0.3) is 0 Å². The van der Waals surface area contributed by atoms with Crippen molar-refractivity contribution in [2.45, 2.75) is 49.0 Å². The zero-order valence-electron chi connectivity index (χ0n) is 9.83. The molecule has 16 heavy (non-hydrogen) atoms. The average Bonchev–Trinajstić information content (AvgIpc) is 3.09. The topological polar surface area (TPSA) is 26.0 Å². The van der Waals surface area contributed by atoms with Crippen molar-refractivity contribution < 1.29 is 0 Å². The van der Waals surface area contributed by atoms with E-state index in [1.807, 2.05) is 11.8 Å². The van der Waals surface area contributed by atoms with Gasteiger partial charge in [0.05, 0.1) is 0 Å². The lowest BCUT2D eigenvalue weighted by Crippen LogP contribution is -2.32. The molecule has 1 aliphatic carbocycles. The SMILES string of the molecule is CC(N)C1(c2cccc3c2SCCC3)CC1. The van der Waals surface area contributed by atoms with Gasteiger partial charge >= 0.3 is 0 Å². The van der Waals surface area contributed by atoms with Gasteiger partial charge in [-0.3, -0.25) is 0 Å². The van der Waals surface area contributed by atoms with Gasteiger partial charge < -0.3 is 5.73 Å². The fourth-order valence-electron chi connectivity index (χ4n) is 2.89. The van der Waals surface area contributed by atoms with Crippen molar-refractivity contribution in [1.29, 1.82) is 0 Å². The van der Waals surface area contributed by atoms with Crippen LogP contribution in [-0.2, 0) is 11.8 Å². The number of rotatable bonds is 2. The lowest BCUT2D eigenvalue weighted by atomic mass is 9.88. The van der Waals surface area contributed by atoms with Gasteiger partial charge in [0.2, 0.25) is 0 Å². The van der Waals surface area contributed by atoms with E-state index in [2.05, 4.69) is 25.1 Å². The highest BCUT2D eigenvalue weighted by atomic mass is 32.2. The molecule has 1 aromatic rings.